The molecule has 5 nitrogen and oxygen atoms in total. The lowest BCUT2D eigenvalue weighted by Crippen LogP contribution is -2.28. The topological polar surface area (TPSA) is 59.5 Å². The fourth-order valence-corrected chi connectivity index (χ4v) is 3.24. The number of nitro groups is 1. The van der Waals surface area contributed by atoms with Crippen molar-refractivity contribution in [3.05, 3.63) is 63.9 Å². The molecule has 0 aliphatic carbocycles. The maximum absolute atomic E-state index is 14.2. The predicted octanol–water partition coefficient (Wildman–Crippen LogP) is 4.44. The van der Waals surface area contributed by atoms with E-state index in [1.54, 1.807) is 6.26 Å². The van der Waals surface area contributed by atoms with Gasteiger partial charge in [-0.1, -0.05) is 18.9 Å². The molecular formula is C17H19FN2O3. The lowest BCUT2D eigenvalue weighted by atomic mass is 10.1. The molecule has 1 atom stereocenters. The SMILES string of the molecule is O=[N+]([O-])c1cccc(F)c1CN1CCCCCC1c1ccco1. The zero-order valence-electron chi connectivity index (χ0n) is 12.8. The average molecular weight is 318 g/mol. The summed E-state index contributed by atoms with van der Waals surface area (Å²) in [6.45, 7) is 0.991. The van der Waals surface area contributed by atoms with Gasteiger partial charge < -0.3 is 4.42 Å². The number of hydrogen-bond acceptors (Lipinski definition) is 4. The molecule has 0 N–H and O–H groups in total. The lowest BCUT2D eigenvalue weighted by molar-refractivity contribution is -0.386. The molecule has 0 spiro atoms. The van der Waals surface area contributed by atoms with Gasteiger partial charge in [-0.15, -0.1) is 0 Å². The van der Waals surface area contributed by atoms with Crippen molar-refractivity contribution in [2.45, 2.75) is 38.3 Å². The van der Waals surface area contributed by atoms with E-state index in [4.69, 9.17) is 4.42 Å². The van der Waals surface area contributed by atoms with E-state index in [1.165, 1.54) is 18.2 Å². The number of rotatable bonds is 4. The second kappa shape index (κ2) is 6.91. The molecule has 1 aromatic heterocycles. The van der Waals surface area contributed by atoms with Crippen molar-refractivity contribution in [1.82, 2.24) is 4.90 Å². The minimum absolute atomic E-state index is 0.0340. The van der Waals surface area contributed by atoms with Crippen LogP contribution in [0.2, 0.25) is 0 Å². The van der Waals surface area contributed by atoms with Crippen LogP contribution in [0.5, 0.6) is 0 Å². The summed E-state index contributed by atoms with van der Waals surface area (Å²) < 4.78 is 19.7. The number of furan rings is 1. The molecule has 1 aliphatic heterocycles. The van der Waals surface area contributed by atoms with Gasteiger partial charge >= 0.3 is 0 Å². The summed E-state index contributed by atoms with van der Waals surface area (Å²) in [5.74, 6) is 0.313. The summed E-state index contributed by atoms with van der Waals surface area (Å²) in [7, 11) is 0. The van der Waals surface area contributed by atoms with Gasteiger partial charge in [0.25, 0.3) is 5.69 Å². The van der Waals surface area contributed by atoms with Crippen LogP contribution in [0, 0.1) is 15.9 Å². The first-order chi connectivity index (χ1) is 11.2. The van der Waals surface area contributed by atoms with E-state index < -0.39 is 10.7 Å². The van der Waals surface area contributed by atoms with Crippen molar-refractivity contribution in [3.8, 4) is 0 Å². The van der Waals surface area contributed by atoms with E-state index in [-0.39, 0.29) is 23.8 Å². The summed E-state index contributed by atoms with van der Waals surface area (Å²) in [5, 5.41) is 11.2. The fraction of sp³-hybridized carbons (Fsp3) is 0.412. The van der Waals surface area contributed by atoms with Crippen LogP contribution in [0.15, 0.2) is 41.0 Å². The van der Waals surface area contributed by atoms with Crippen molar-refractivity contribution in [1.29, 1.82) is 0 Å². The van der Waals surface area contributed by atoms with Crippen LogP contribution >= 0.6 is 0 Å². The first kappa shape index (κ1) is 15.7. The Morgan fingerprint density at radius 2 is 2.13 bits per heavy atom. The number of nitro benzene ring substituents is 1. The highest BCUT2D eigenvalue weighted by Gasteiger charge is 2.28. The second-order valence-electron chi connectivity index (χ2n) is 5.85. The van der Waals surface area contributed by atoms with E-state index in [2.05, 4.69) is 4.90 Å². The Bertz CT molecular complexity index is 672. The number of benzene rings is 1. The molecule has 0 amide bonds. The molecule has 2 aromatic rings. The maximum Gasteiger partial charge on any atom is 0.276 e. The molecule has 1 saturated heterocycles. The lowest BCUT2D eigenvalue weighted by Gasteiger charge is -2.28. The van der Waals surface area contributed by atoms with Crippen LogP contribution in [-0.2, 0) is 6.54 Å². The van der Waals surface area contributed by atoms with Crippen LogP contribution in [0.3, 0.4) is 0 Å². The zero-order valence-corrected chi connectivity index (χ0v) is 12.8. The van der Waals surface area contributed by atoms with Crippen LogP contribution in [0.4, 0.5) is 10.1 Å². The molecule has 23 heavy (non-hydrogen) atoms. The molecule has 1 aromatic carbocycles. The summed E-state index contributed by atoms with van der Waals surface area (Å²) in [5.41, 5.74) is -0.0107. The van der Waals surface area contributed by atoms with Crippen LogP contribution in [0.1, 0.15) is 43.0 Å². The molecule has 3 rings (SSSR count). The van der Waals surface area contributed by atoms with Gasteiger partial charge in [0.15, 0.2) is 0 Å². The van der Waals surface area contributed by atoms with Gasteiger partial charge in [-0.05, 0) is 37.6 Å². The largest absolute Gasteiger partial charge is 0.468 e. The molecule has 0 bridgehead atoms. The second-order valence-corrected chi connectivity index (χ2v) is 5.85. The maximum atomic E-state index is 14.2. The van der Waals surface area contributed by atoms with Crippen molar-refractivity contribution < 1.29 is 13.7 Å². The quantitative estimate of drug-likeness (QED) is 0.617. The number of hydrogen-bond donors (Lipinski definition) is 0. The third-order valence-corrected chi connectivity index (χ3v) is 4.39. The van der Waals surface area contributed by atoms with Crippen LogP contribution in [-0.4, -0.2) is 16.4 Å². The van der Waals surface area contributed by atoms with E-state index >= 15 is 0 Å². The van der Waals surface area contributed by atoms with Gasteiger partial charge in [0, 0.05) is 12.6 Å². The Morgan fingerprint density at radius 3 is 2.87 bits per heavy atom. The van der Waals surface area contributed by atoms with Gasteiger partial charge in [0.05, 0.1) is 22.8 Å². The zero-order chi connectivity index (χ0) is 16.2. The minimum Gasteiger partial charge on any atom is -0.468 e. The highest BCUT2D eigenvalue weighted by molar-refractivity contribution is 5.41. The first-order valence-corrected chi connectivity index (χ1v) is 7.86. The summed E-state index contributed by atoms with van der Waals surface area (Å²) in [6.07, 6.45) is 5.72. The van der Waals surface area contributed by atoms with E-state index in [1.807, 2.05) is 12.1 Å². The molecule has 2 heterocycles. The van der Waals surface area contributed by atoms with Gasteiger partial charge in [-0.25, -0.2) is 4.39 Å². The van der Waals surface area contributed by atoms with Crippen LogP contribution in [0.25, 0.3) is 0 Å². The number of nitrogens with zero attached hydrogens (tertiary/aromatic N) is 2. The van der Waals surface area contributed by atoms with E-state index in [0.29, 0.717) is 0 Å². The molecular weight excluding hydrogens is 299 g/mol. The summed E-state index contributed by atoms with van der Waals surface area (Å²) >= 11 is 0. The molecule has 122 valence electrons. The third-order valence-electron chi connectivity index (χ3n) is 4.39. The van der Waals surface area contributed by atoms with Gasteiger partial charge in [-0.2, -0.15) is 0 Å². The Kier molecular flexibility index (Phi) is 4.71. The minimum atomic E-state index is -0.526. The molecule has 1 unspecified atom stereocenters. The predicted molar refractivity (Wildman–Crippen MR) is 83.4 cm³/mol. The molecule has 0 saturated carbocycles. The third kappa shape index (κ3) is 3.42. The van der Waals surface area contributed by atoms with Crippen LogP contribution < -0.4 is 0 Å². The first-order valence-electron chi connectivity index (χ1n) is 7.86. The smallest absolute Gasteiger partial charge is 0.276 e. The van der Waals surface area contributed by atoms with Crippen molar-refractivity contribution >= 4 is 5.69 Å². The van der Waals surface area contributed by atoms with Gasteiger partial charge in [-0.3, -0.25) is 15.0 Å². The van der Waals surface area contributed by atoms with Gasteiger partial charge in [0.2, 0.25) is 0 Å². The Morgan fingerprint density at radius 1 is 1.26 bits per heavy atom. The van der Waals surface area contributed by atoms with Crippen molar-refractivity contribution in [3.63, 3.8) is 0 Å². The molecule has 1 aliphatic rings. The summed E-state index contributed by atoms with van der Waals surface area (Å²) in [4.78, 5) is 12.8. The Hall–Kier alpha value is -2.21. The monoisotopic (exact) mass is 318 g/mol. The normalized spacial score (nSPS) is 19.4. The highest BCUT2D eigenvalue weighted by Crippen LogP contribution is 2.33. The van der Waals surface area contributed by atoms with Crippen molar-refractivity contribution in [2.75, 3.05) is 6.54 Å². The number of likely N-dealkylation sites (tertiary alicyclic amines) is 1. The van der Waals surface area contributed by atoms with E-state index in [9.17, 15) is 14.5 Å². The Labute approximate surface area is 133 Å². The van der Waals surface area contributed by atoms with E-state index in [0.717, 1.165) is 38.0 Å². The van der Waals surface area contributed by atoms with Gasteiger partial charge in [0.1, 0.15) is 11.6 Å². The molecule has 6 heteroatoms. The number of halogens is 1. The van der Waals surface area contributed by atoms with Crippen molar-refractivity contribution in [2.24, 2.45) is 0 Å². The highest BCUT2D eigenvalue weighted by atomic mass is 19.1. The standard InChI is InChI=1S/C17H19FN2O3/c18-14-6-4-8-15(20(21)22)13(14)12-19-10-3-1-2-7-16(19)17-9-5-11-23-17/h4-6,8-9,11,16H,1-3,7,10,12H2. The molecule has 0 radical (unpaired) electrons. The summed E-state index contributed by atoms with van der Waals surface area (Å²) in [6, 6.07) is 7.80. The Balaban J connectivity index is 1.92. The average Bonchev–Trinajstić information content (AvgIpc) is 2.96. The molecule has 1 fully saturated rings. The fourth-order valence-electron chi connectivity index (χ4n) is 3.24.